The topological polar surface area (TPSA) is 90.1 Å². The van der Waals surface area contributed by atoms with Gasteiger partial charge >= 0.3 is 0 Å². The number of amides is 1. The van der Waals surface area contributed by atoms with Crippen molar-refractivity contribution >= 4 is 17.0 Å². The third-order valence-electron chi connectivity index (χ3n) is 6.34. The number of hydrogen-bond donors (Lipinski definition) is 1. The molecule has 1 saturated carbocycles. The summed E-state index contributed by atoms with van der Waals surface area (Å²) in [5.41, 5.74) is 3.36. The number of carbonyl (C=O) groups is 1. The van der Waals surface area contributed by atoms with Crippen molar-refractivity contribution in [2.24, 2.45) is 0 Å². The molecule has 3 aromatic heterocycles. The first kappa shape index (κ1) is 17.1. The Balaban J connectivity index is 1.41. The minimum absolute atomic E-state index is 0.0514. The highest BCUT2D eigenvalue weighted by Crippen LogP contribution is 2.43. The fourth-order valence-corrected chi connectivity index (χ4v) is 4.65. The number of carbonyl (C=O) groups excluding carboxylic acids is 1. The van der Waals surface area contributed by atoms with Gasteiger partial charge in [0.25, 0.3) is 11.6 Å². The zero-order chi connectivity index (χ0) is 19.4. The van der Waals surface area contributed by atoms with Crippen LogP contribution in [-0.2, 0) is 4.74 Å². The van der Waals surface area contributed by atoms with Gasteiger partial charge in [0.2, 0.25) is 0 Å². The smallest absolute Gasteiger partial charge is 0.259 e. The molecule has 2 bridgehead atoms. The Labute approximate surface area is 167 Å². The molecule has 1 amide bonds. The molecule has 29 heavy (non-hydrogen) atoms. The molecule has 0 radical (unpaired) electrons. The first-order valence-electron chi connectivity index (χ1n) is 10.4. The average molecular weight is 390 g/mol. The lowest BCUT2D eigenvalue weighted by Gasteiger charge is -2.30. The molecule has 7 heteroatoms. The second-order valence-electron chi connectivity index (χ2n) is 8.35. The number of hydrogen-bond acceptors (Lipinski definition) is 6. The minimum atomic E-state index is -0.105. The highest BCUT2D eigenvalue weighted by atomic mass is 16.5. The van der Waals surface area contributed by atoms with Crippen molar-refractivity contribution in [2.75, 3.05) is 0 Å². The minimum Gasteiger partial charge on any atom is -0.373 e. The zero-order valence-corrected chi connectivity index (χ0v) is 16.0. The number of nitrogens with one attached hydrogen (secondary N) is 1. The zero-order valence-electron chi connectivity index (χ0n) is 16.0. The molecule has 5 heterocycles. The van der Waals surface area contributed by atoms with Gasteiger partial charge in [-0.15, -0.1) is 0 Å². The van der Waals surface area contributed by atoms with Crippen LogP contribution in [0.5, 0.6) is 0 Å². The molecule has 3 unspecified atom stereocenters. The van der Waals surface area contributed by atoms with Crippen LogP contribution < -0.4 is 5.32 Å². The molecule has 2 aliphatic heterocycles. The molecule has 3 aromatic rings. The van der Waals surface area contributed by atoms with E-state index in [-0.39, 0.29) is 18.1 Å². The van der Waals surface area contributed by atoms with E-state index in [0.29, 0.717) is 29.0 Å². The van der Waals surface area contributed by atoms with E-state index in [2.05, 4.69) is 20.4 Å². The summed E-state index contributed by atoms with van der Waals surface area (Å²) in [5, 5.41) is 8.24. The lowest BCUT2D eigenvalue weighted by atomic mass is 10.0. The summed E-state index contributed by atoms with van der Waals surface area (Å²) in [5.74, 6) is 0.258. The fourth-order valence-electron chi connectivity index (χ4n) is 4.65. The molecule has 3 fully saturated rings. The van der Waals surface area contributed by atoms with Crippen LogP contribution in [0.1, 0.15) is 60.5 Å². The van der Waals surface area contributed by atoms with E-state index in [1.54, 1.807) is 12.4 Å². The lowest BCUT2D eigenvalue weighted by Crippen LogP contribution is -2.45. The third-order valence-corrected chi connectivity index (χ3v) is 6.34. The molecule has 7 nitrogen and oxygen atoms in total. The van der Waals surface area contributed by atoms with Crippen LogP contribution in [0.25, 0.3) is 22.4 Å². The van der Waals surface area contributed by atoms with Crippen LogP contribution in [0.2, 0.25) is 0 Å². The molecule has 3 atom stereocenters. The molecule has 0 spiro atoms. The molecule has 0 aromatic carbocycles. The van der Waals surface area contributed by atoms with Crippen LogP contribution in [0, 0.1) is 0 Å². The van der Waals surface area contributed by atoms with E-state index in [9.17, 15) is 4.79 Å². The predicted octanol–water partition coefficient (Wildman–Crippen LogP) is 3.60. The fraction of sp³-hybridized carbons (Fsp3) is 0.455. The first-order chi connectivity index (χ1) is 14.3. The van der Waals surface area contributed by atoms with E-state index < -0.39 is 0 Å². The van der Waals surface area contributed by atoms with E-state index in [0.717, 1.165) is 55.2 Å². The standard InChI is InChI=1S/C22H22N4O3/c27-21(24-16-7-5-14-6-8-18(16)28-14)15-10-17(13-2-1-9-23-11-13)25-22-19(15)20(26-29-22)12-3-4-12/h1-2,9-12,14,16,18H,3-8H2,(H,24,27). The van der Waals surface area contributed by atoms with Gasteiger partial charge in [-0.1, -0.05) is 5.16 Å². The van der Waals surface area contributed by atoms with Gasteiger partial charge in [-0.3, -0.25) is 9.78 Å². The SMILES string of the molecule is O=C(NC1CCC2CCC1O2)c1cc(-c2cccnc2)nc2onc(C3CC3)c12. The van der Waals surface area contributed by atoms with E-state index in [1.165, 1.54) is 0 Å². The van der Waals surface area contributed by atoms with Gasteiger partial charge < -0.3 is 14.6 Å². The third kappa shape index (κ3) is 3.00. The molecule has 3 aliphatic rings. The monoisotopic (exact) mass is 390 g/mol. The van der Waals surface area contributed by atoms with E-state index >= 15 is 0 Å². The van der Waals surface area contributed by atoms with Crippen LogP contribution in [-0.4, -0.2) is 39.3 Å². The van der Waals surface area contributed by atoms with Gasteiger partial charge in [-0.25, -0.2) is 4.98 Å². The van der Waals surface area contributed by atoms with Crippen molar-refractivity contribution in [2.45, 2.75) is 62.7 Å². The number of fused-ring (bicyclic) bond motifs is 3. The second-order valence-corrected chi connectivity index (χ2v) is 8.35. The summed E-state index contributed by atoms with van der Waals surface area (Å²) >= 11 is 0. The number of pyridine rings is 2. The molecule has 2 saturated heterocycles. The number of rotatable bonds is 4. The average Bonchev–Trinajstić information content (AvgIpc) is 3.39. The van der Waals surface area contributed by atoms with Crippen molar-refractivity contribution in [1.82, 2.24) is 20.4 Å². The van der Waals surface area contributed by atoms with Gasteiger partial charge in [0.1, 0.15) is 0 Å². The Morgan fingerprint density at radius 1 is 1.14 bits per heavy atom. The summed E-state index contributed by atoms with van der Waals surface area (Å²) in [6.07, 6.45) is 10.2. The Hall–Kier alpha value is -2.80. The molecular formula is C22H22N4O3. The van der Waals surface area contributed by atoms with E-state index in [4.69, 9.17) is 9.26 Å². The number of nitrogens with zero attached hydrogens (tertiary/aromatic N) is 3. The van der Waals surface area contributed by atoms with Crippen molar-refractivity contribution in [3.05, 3.63) is 41.9 Å². The van der Waals surface area contributed by atoms with E-state index in [1.807, 2.05) is 18.2 Å². The Bertz CT molecular complexity index is 1080. The first-order valence-corrected chi connectivity index (χ1v) is 10.4. The van der Waals surface area contributed by atoms with Crippen molar-refractivity contribution in [3.63, 3.8) is 0 Å². The number of aromatic nitrogens is 3. The largest absolute Gasteiger partial charge is 0.373 e. The quantitative estimate of drug-likeness (QED) is 0.732. The van der Waals surface area contributed by atoms with Crippen LogP contribution in [0.3, 0.4) is 0 Å². The maximum Gasteiger partial charge on any atom is 0.259 e. The molecule has 1 N–H and O–H groups in total. The molecule has 6 rings (SSSR count). The normalized spacial score (nSPS) is 26.0. The summed E-state index contributed by atoms with van der Waals surface area (Å²) in [7, 11) is 0. The highest BCUT2D eigenvalue weighted by molar-refractivity contribution is 6.07. The summed E-state index contributed by atoms with van der Waals surface area (Å²) in [6, 6.07) is 5.68. The van der Waals surface area contributed by atoms with Crippen molar-refractivity contribution < 1.29 is 14.1 Å². The second kappa shape index (κ2) is 6.62. The Morgan fingerprint density at radius 2 is 2.03 bits per heavy atom. The molecule has 148 valence electrons. The summed E-state index contributed by atoms with van der Waals surface area (Å²) in [6.45, 7) is 0. The van der Waals surface area contributed by atoms with Crippen LogP contribution in [0.4, 0.5) is 0 Å². The highest BCUT2D eigenvalue weighted by Gasteiger charge is 2.38. The summed E-state index contributed by atoms with van der Waals surface area (Å²) in [4.78, 5) is 22.2. The molecular weight excluding hydrogens is 368 g/mol. The van der Waals surface area contributed by atoms with Crippen molar-refractivity contribution in [3.8, 4) is 11.3 Å². The van der Waals surface area contributed by atoms with Crippen LogP contribution in [0.15, 0.2) is 35.1 Å². The summed E-state index contributed by atoms with van der Waals surface area (Å²) < 4.78 is 11.6. The maximum atomic E-state index is 13.4. The lowest BCUT2D eigenvalue weighted by molar-refractivity contribution is -0.0150. The van der Waals surface area contributed by atoms with Gasteiger partial charge in [0, 0.05) is 23.9 Å². The number of ether oxygens (including phenoxy) is 1. The van der Waals surface area contributed by atoms with Gasteiger partial charge in [0.05, 0.1) is 40.6 Å². The van der Waals surface area contributed by atoms with Crippen molar-refractivity contribution in [1.29, 1.82) is 0 Å². The Kier molecular flexibility index (Phi) is 3.90. The van der Waals surface area contributed by atoms with Crippen LogP contribution >= 0.6 is 0 Å². The van der Waals surface area contributed by atoms with Gasteiger partial charge in [0.15, 0.2) is 0 Å². The molecule has 1 aliphatic carbocycles. The van der Waals surface area contributed by atoms with Gasteiger partial charge in [-0.2, -0.15) is 0 Å². The Morgan fingerprint density at radius 3 is 2.86 bits per heavy atom. The predicted molar refractivity (Wildman–Crippen MR) is 105 cm³/mol. The van der Waals surface area contributed by atoms with Gasteiger partial charge in [-0.05, 0) is 56.7 Å². The maximum absolute atomic E-state index is 13.4.